The number of carbonyl (C=O) groups is 1. The molecule has 0 rings (SSSR count). The molecule has 0 radical (unpaired) electrons. The molecule has 15 heavy (non-hydrogen) atoms. The molecule has 0 aliphatic rings. The van der Waals surface area contributed by atoms with Crippen molar-refractivity contribution in [2.45, 2.75) is 0 Å². The number of hydrogen-bond acceptors (Lipinski definition) is 6. The van der Waals surface area contributed by atoms with Crippen molar-refractivity contribution in [1.29, 1.82) is 0 Å². The van der Waals surface area contributed by atoms with Crippen molar-refractivity contribution in [2.24, 2.45) is 0 Å². The van der Waals surface area contributed by atoms with Gasteiger partial charge in [0.05, 0.1) is 0 Å². The summed E-state index contributed by atoms with van der Waals surface area (Å²) >= 11 is 0. The Balaban J connectivity index is 4.45. The Morgan fingerprint density at radius 3 is 2.00 bits per heavy atom. The van der Waals surface area contributed by atoms with Crippen LogP contribution in [0.5, 0.6) is 0 Å². The van der Waals surface area contributed by atoms with Crippen LogP contribution in [0.3, 0.4) is 0 Å². The van der Waals surface area contributed by atoms with E-state index in [1.165, 1.54) is 0 Å². The molecule has 0 bridgehead atoms. The number of rotatable bonds is 6. The van der Waals surface area contributed by atoms with E-state index in [4.69, 9.17) is 29.6 Å². The van der Waals surface area contributed by atoms with E-state index in [-0.39, 0.29) is 0 Å². The van der Waals surface area contributed by atoms with E-state index in [1.54, 1.807) is 0 Å². The first-order valence-electron chi connectivity index (χ1n) is 3.65. The van der Waals surface area contributed by atoms with Gasteiger partial charge in [0.15, 0.2) is 0 Å². The van der Waals surface area contributed by atoms with Gasteiger partial charge in [-0.3, -0.25) is 0 Å². The van der Waals surface area contributed by atoms with Gasteiger partial charge >= 0.3 is 84.5 Å². The molecule has 0 aliphatic heterocycles. The number of carboxylic acid groups (broad SMARTS) is 1. The molecule has 0 amide bonds. The zero-order chi connectivity index (χ0) is 12.3. The summed E-state index contributed by atoms with van der Waals surface area (Å²) in [5, 5.41) is 8.35. The number of hydrogen-bond donors (Lipinski definition) is 6. The standard InChI is InChI=1S/C4H13NO8P2/c6-4(7)1-5(2-14(8,9)10)3-15(11,12)13/h8-10,14H,1-3H2,(H,6,7)(H2,11,12,13). The van der Waals surface area contributed by atoms with Gasteiger partial charge in [-0.05, 0) is 0 Å². The molecule has 92 valence electrons. The third-order valence-corrected chi connectivity index (χ3v) is 2.82. The Kier molecular flexibility index (Phi) is 5.25. The molecule has 0 aromatic rings. The minimum absolute atomic E-state index is 0.565. The zero-order valence-electron chi connectivity index (χ0n) is 7.52. The van der Waals surface area contributed by atoms with E-state index in [2.05, 4.69) is 0 Å². The fourth-order valence-corrected chi connectivity index (χ4v) is 2.64. The first-order valence-corrected chi connectivity index (χ1v) is 7.50. The van der Waals surface area contributed by atoms with Crippen LogP contribution in [0.4, 0.5) is 0 Å². The van der Waals surface area contributed by atoms with Crippen LogP contribution in [-0.2, 0) is 9.36 Å². The molecular formula is C4H13NO8P2. The molecule has 0 aromatic carbocycles. The Hall–Kier alpha value is -0.110. The topological polar surface area (TPSA) is 159 Å². The summed E-state index contributed by atoms with van der Waals surface area (Å²) in [5.74, 6) is -1.40. The number of aliphatic carboxylic acids is 1. The van der Waals surface area contributed by atoms with Crippen LogP contribution in [0, 0.1) is 0 Å². The quantitative estimate of drug-likeness (QED) is 0.297. The molecule has 6 N–H and O–H groups in total. The van der Waals surface area contributed by atoms with Gasteiger partial charge in [-0.2, -0.15) is 0 Å². The average Bonchev–Trinajstić information content (AvgIpc) is 1.73. The number of carboxylic acids is 1. The van der Waals surface area contributed by atoms with Crippen molar-refractivity contribution in [2.75, 3.05) is 19.1 Å². The van der Waals surface area contributed by atoms with E-state index in [0.29, 0.717) is 4.90 Å². The predicted molar refractivity (Wildman–Crippen MR) is 51.1 cm³/mol. The van der Waals surface area contributed by atoms with Gasteiger partial charge in [-0.25, -0.2) is 0 Å². The fourth-order valence-electron chi connectivity index (χ4n) is 0.908. The molecule has 0 atom stereocenters. The third-order valence-electron chi connectivity index (χ3n) is 1.18. The monoisotopic (exact) mass is 265 g/mol. The Morgan fingerprint density at radius 2 is 1.73 bits per heavy atom. The summed E-state index contributed by atoms with van der Waals surface area (Å²) < 4.78 is 10.5. The summed E-state index contributed by atoms with van der Waals surface area (Å²) in [4.78, 5) is 53.9. The second kappa shape index (κ2) is 5.29. The van der Waals surface area contributed by atoms with Gasteiger partial charge in [-0.1, -0.05) is 0 Å². The first-order chi connectivity index (χ1) is 6.49. The second-order valence-corrected chi connectivity index (χ2v) is 6.44. The van der Waals surface area contributed by atoms with Crippen LogP contribution < -0.4 is 0 Å². The van der Waals surface area contributed by atoms with Gasteiger partial charge < -0.3 is 0 Å². The SMILES string of the molecule is O=C(O)CN(CP(=O)(O)O)C[PH](O)(O)O. The molecule has 9 nitrogen and oxygen atoms in total. The van der Waals surface area contributed by atoms with Crippen molar-refractivity contribution in [3.63, 3.8) is 0 Å². The summed E-state index contributed by atoms with van der Waals surface area (Å²) in [6.45, 7) is -0.804. The van der Waals surface area contributed by atoms with Crippen LogP contribution in [0.2, 0.25) is 0 Å². The van der Waals surface area contributed by atoms with E-state index in [1.807, 2.05) is 0 Å². The van der Waals surface area contributed by atoms with E-state index >= 15 is 0 Å². The molecule has 0 saturated heterocycles. The minimum atomic E-state index is -4.57. The maximum absolute atomic E-state index is 10.5. The van der Waals surface area contributed by atoms with Crippen molar-refractivity contribution in [3.05, 3.63) is 0 Å². The molecule has 0 spiro atoms. The molecule has 0 aromatic heterocycles. The summed E-state index contributed by atoms with van der Waals surface area (Å²) in [6.07, 6.45) is -1.83. The van der Waals surface area contributed by atoms with Crippen molar-refractivity contribution in [3.8, 4) is 0 Å². The molecule has 0 aliphatic carbocycles. The average molecular weight is 265 g/mol. The van der Waals surface area contributed by atoms with Crippen LogP contribution >= 0.6 is 15.5 Å². The summed E-state index contributed by atoms with van der Waals surface area (Å²) in [5.41, 5.74) is 0. The third kappa shape index (κ3) is 10.2. The van der Waals surface area contributed by atoms with Crippen molar-refractivity contribution in [1.82, 2.24) is 4.90 Å². The Labute approximate surface area is 85.3 Å². The molecule has 0 saturated carbocycles. The van der Waals surface area contributed by atoms with E-state index < -0.39 is 40.6 Å². The maximum atomic E-state index is 10.5. The van der Waals surface area contributed by atoms with Gasteiger partial charge in [0, 0.05) is 0 Å². The molecule has 0 fully saturated rings. The Morgan fingerprint density at radius 1 is 1.27 bits per heavy atom. The number of nitrogens with zero attached hydrogens (tertiary/aromatic N) is 1. The molecule has 0 heterocycles. The van der Waals surface area contributed by atoms with Gasteiger partial charge in [0.2, 0.25) is 0 Å². The van der Waals surface area contributed by atoms with Crippen LogP contribution in [0.1, 0.15) is 0 Å². The van der Waals surface area contributed by atoms with E-state index in [0.717, 1.165) is 0 Å². The normalized spacial score (nSPS) is 14.3. The van der Waals surface area contributed by atoms with Gasteiger partial charge in [0.25, 0.3) is 0 Å². The second-order valence-electron chi connectivity index (χ2n) is 2.96. The van der Waals surface area contributed by atoms with Gasteiger partial charge in [0.1, 0.15) is 0 Å². The van der Waals surface area contributed by atoms with Crippen LogP contribution in [0.25, 0.3) is 0 Å². The summed E-state index contributed by atoms with van der Waals surface area (Å²) in [6, 6.07) is 0. The van der Waals surface area contributed by atoms with Crippen LogP contribution in [-0.4, -0.2) is 59.6 Å². The van der Waals surface area contributed by atoms with Crippen molar-refractivity contribution < 1.29 is 38.9 Å². The first kappa shape index (κ1) is 14.9. The molecule has 11 heteroatoms. The van der Waals surface area contributed by atoms with E-state index in [9.17, 15) is 9.36 Å². The molecular weight excluding hydrogens is 252 g/mol. The van der Waals surface area contributed by atoms with Crippen molar-refractivity contribution >= 4 is 21.5 Å². The predicted octanol–water partition coefficient (Wildman–Crippen LogP) is -2.06. The summed E-state index contributed by atoms with van der Waals surface area (Å²) in [7, 11) is -9.08. The van der Waals surface area contributed by atoms with Gasteiger partial charge in [-0.15, -0.1) is 0 Å². The fraction of sp³-hybridized carbons (Fsp3) is 0.750. The van der Waals surface area contributed by atoms with Crippen LogP contribution in [0.15, 0.2) is 0 Å². The Bertz CT molecular complexity index is 268. The zero-order valence-corrected chi connectivity index (χ0v) is 9.41. The molecule has 0 unspecified atom stereocenters.